The van der Waals surface area contributed by atoms with Gasteiger partial charge in [-0.3, -0.25) is 0 Å². The van der Waals surface area contributed by atoms with Gasteiger partial charge >= 0.3 is 0 Å². The standard InChI is InChI=1S/C22H24BrN3OS/c1-2-26-21(17-9-13-20(14-10-17)27-19-5-3-4-6-19)24-25-22(26)28-15-16-7-11-18(23)12-8-16/h7-14,19H,2-6,15H2,1H3. The Morgan fingerprint density at radius 2 is 1.75 bits per heavy atom. The lowest BCUT2D eigenvalue weighted by Gasteiger charge is -2.13. The quantitative estimate of drug-likeness (QED) is 0.388. The van der Waals surface area contributed by atoms with E-state index in [2.05, 4.69) is 86.1 Å². The summed E-state index contributed by atoms with van der Waals surface area (Å²) in [7, 11) is 0. The van der Waals surface area contributed by atoms with E-state index in [4.69, 9.17) is 4.74 Å². The predicted molar refractivity (Wildman–Crippen MR) is 118 cm³/mol. The Labute approximate surface area is 178 Å². The van der Waals surface area contributed by atoms with E-state index in [1.165, 1.54) is 31.2 Å². The Morgan fingerprint density at radius 1 is 1.04 bits per heavy atom. The Morgan fingerprint density at radius 3 is 2.43 bits per heavy atom. The van der Waals surface area contributed by atoms with E-state index in [1.807, 2.05) is 0 Å². The van der Waals surface area contributed by atoms with Gasteiger partial charge in [-0.2, -0.15) is 0 Å². The molecule has 0 bridgehead atoms. The van der Waals surface area contributed by atoms with Gasteiger partial charge in [-0.1, -0.05) is 39.8 Å². The molecule has 6 heteroatoms. The molecule has 1 aromatic heterocycles. The summed E-state index contributed by atoms with van der Waals surface area (Å²) >= 11 is 5.20. The first-order chi connectivity index (χ1) is 13.7. The van der Waals surface area contributed by atoms with E-state index in [-0.39, 0.29) is 0 Å². The number of benzene rings is 2. The average Bonchev–Trinajstić information content (AvgIpc) is 3.37. The van der Waals surface area contributed by atoms with E-state index in [1.54, 1.807) is 11.8 Å². The molecular formula is C22H24BrN3OS. The van der Waals surface area contributed by atoms with Crippen molar-refractivity contribution in [1.29, 1.82) is 0 Å². The van der Waals surface area contributed by atoms with Crippen LogP contribution in [0.1, 0.15) is 38.2 Å². The maximum atomic E-state index is 6.07. The largest absolute Gasteiger partial charge is 0.490 e. The second-order valence-corrected chi connectivity index (χ2v) is 8.87. The third kappa shape index (κ3) is 4.61. The van der Waals surface area contributed by atoms with Gasteiger partial charge in [0, 0.05) is 22.3 Å². The molecule has 1 aliphatic rings. The number of aromatic nitrogens is 3. The molecule has 1 fully saturated rings. The van der Waals surface area contributed by atoms with Gasteiger partial charge in [0.1, 0.15) is 5.75 Å². The second-order valence-electron chi connectivity index (χ2n) is 7.01. The van der Waals surface area contributed by atoms with Crippen molar-refractivity contribution in [1.82, 2.24) is 14.8 Å². The molecule has 0 aliphatic heterocycles. The molecule has 4 nitrogen and oxygen atoms in total. The van der Waals surface area contributed by atoms with Crippen molar-refractivity contribution in [3.05, 3.63) is 58.6 Å². The van der Waals surface area contributed by atoms with Gasteiger partial charge in [-0.15, -0.1) is 10.2 Å². The van der Waals surface area contributed by atoms with E-state index in [0.29, 0.717) is 6.10 Å². The van der Waals surface area contributed by atoms with Crippen LogP contribution in [0.3, 0.4) is 0 Å². The van der Waals surface area contributed by atoms with Gasteiger partial charge in [0.2, 0.25) is 0 Å². The summed E-state index contributed by atoms with van der Waals surface area (Å²) in [5.74, 6) is 2.73. The Balaban J connectivity index is 1.46. The fourth-order valence-electron chi connectivity index (χ4n) is 3.50. The van der Waals surface area contributed by atoms with Crippen LogP contribution in [0.5, 0.6) is 5.75 Å². The minimum absolute atomic E-state index is 0.381. The summed E-state index contributed by atoms with van der Waals surface area (Å²) in [5, 5.41) is 9.85. The van der Waals surface area contributed by atoms with Crippen molar-refractivity contribution in [2.75, 3.05) is 0 Å². The highest BCUT2D eigenvalue weighted by Gasteiger charge is 2.17. The average molecular weight is 458 g/mol. The fraction of sp³-hybridized carbons (Fsp3) is 0.364. The topological polar surface area (TPSA) is 39.9 Å². The first-order valence-electron chi connectivity index (χ1n) is 9.80. The molecule has 28 heavy (non-hydrogen) atoms. The molecule has 1 heterocycles. The third-order valence-corrected chi connectivity index (χ3v) is 6.60. The van der Waals surface area contributed by atoms with Crippen LogP contribution in [-0.2, 0) is 12.3 Å². The van der Waals surface area contributed by atoms with Crippen LogP contribution in [0.4, 0.5) is 0 Å². The zero-order chi connectivity index (χ0) is 19.3. The van der Waals surface area contributed by atoms with Crippen LogP contribution >= 0.6 is 27.7 Å². The molecule has 0 saturated heterocycles. The predicted octanol–water partition coefficient (Wildman–Crippen LogP) is 6.34. The van der Waals surface area contributed by atoms with Crippen molar-refractivity contribution in [2.45, 2.75) is 56.2 Å². The maximum Gasteiger partial charge on any atom is 0.191 e. The van der Waals surface area contributed by atoms with E-state index in [0.717, 1.165) is 39.1 Å². The number of hydrogen-bond acceptors (Lipinski definition) is 4. The molecule has 0 radical (unpaired) electrons. The number of thioether (sulfide) groups is 1. The Kier molecular flexibility index (Phi) is 6.37. The molecule has 0 amide bonds. The fourth-order valence-corrected chi connectivity index (χ4v) is 4.73. The number of ether oxygens (including phenoxy) is 1. The maximum absolute atomic E-state index is 6.07. The lowest BCUT2D eigenvalue weighted by molar-refractivity contribution is 0.210. The molecule has 146 valence electrons. The highest BCUT2D eigenvalue weighted by atomic mass is 79.9. The van der Waals surface area contributed by atoms with Gasteiger partial charge < -0.3 is 9.30 Å². The van der Waals surface area contributed by atoms with Crippen molar-refractivity contribution < 1.29 is 4.74 Å². The molecule has 4 rings (SSSR count). The monoisotopic (exact) mass is 457 g/mol. The minimum atomic E-state index is 0.381. The molecule has 0 atom stereocenters. The summed E-state index contributed by atoms with van der Waals surface area (Å²) in [6.07, 6.45) is 5.29. The van der Waals surface area contributed by atoms with Crippen LogP contribution in [0, 0.1) is 0 Å². The highest BCUT2D eigenvalue weighted by Crippen LogP contribution is 2.29. The van der Waals surface area contributed by atoms with Crippen LogP contribution in [-0.4, -0.2) is 20.9 Å². The molecule has 3 aromatic rings. The number of nitrogens with zero attached hydrogens (tertiary/aromatic N) is 3. The highest BCUT2D eigenvalue weighted by molar-refractivity contribution is 9.10. The second kappa shape index (κ2) is 9.14. The van der Waals surface area contributed by atoms with Crippen molar-refractivity contribution >= 4 is 27.7 Å². The lowest BCUT2D eigenvalue weighted by Crippen LogP contribution is -2.10. The normalized spacial score (nSPS) is 14.5. The first kappa shape index (κ1) is 19.5. The van der Waals surface area contributed by atoms with Gasteiger partial charge in [0.15, 0.2) is 11.0 Å². The zero-order valence-corrected chi connectivity index (χ0v) is 18.4. The van der Waals surface area contributed by atoms with Crippen molar-refractivity contribution in [3.8, 4) is 17.1 Å². The third-order valence-electron chi connectivity index (χ3n) is 5.03. The molecular weight excluding hydrogens is 434 g/mol. The Hall–Kier alpha value is -1.79. The summed E-state index contributed by atoms with van der Waals surface area (Å²) in [4.78, 5) is 0. The first-order valence-corrected chi connectivity index (χ1v) is 11.6. The van der Waals surface area contributed by atoms with E-state index < -0.39 is 0 Å². The van der Waals surface area contributed by atoms with Gasteiger partial charge in [0.05, 0.1) is 6.10 Å². The molecule has 1 saturated carbocycles. The van der Waals surface area contributed by atoms with E-state index >= 15 is 0 Å². The van der Waals surface area contributed by atoms with E-state index in [9.17, 15) is 0 Å². The lowest BCUT2D eigenvalue weighted by atomic mass is 10.2. The van der Waals surface area contributed by atoms with Crippen molar-refractivity contribution in [2.24, 2.45) is 0 Å². The number of hydrogen-bond donors (Lipinski definition) is 0. The van der Waals surface area contributed by atoms with Crippen molar-refractivity contribution in [3.63, 3.8) is 0 Å². The molecule has 0 N–H and O–H groups in total. The minimum Gasteiger partial charge on any atom is -0.490 e. The smallest absolute Gasteiger partial charge is 0.191 e. The van der Waals surface area contributed by atoms with Crippen LogP contribution in [0.25, 0.3) is 11.4 Å². The van der Waals surface area contributed by atoms with Gasteiger partial charge in [-0.25, -0.2) is 0 Å². The van der Waals surface area contributed by atoms with Gasteiger partial charge in [0.25, 0.3) is 0 Å². The molecule has 2 aromatic carbocycles. The summed E-state index contributed by atoms with van der Waals surface area (Å²) in [6.45, 7) is 2.97. The number of halogens is 1. The van der Waals surface area contributed by atoms with Crippen LogP contribution in [0.15, 0.2) is 58.2 Å². The van der Waals surface area contributed by atoms with Gasteiger partial charge in [-0.05, 0) is 74.6 Å². The Bertz CT molecular complexity index is 903. The summed E-state index contributed by atoms with van der Waals surface area (Å²) in [6, 6.07) is 16.7. The molecule has 0 unspecified atom stereocenters. The zero-order valence-electron chi connectivity index (χ0n) is 16.0. The SMILES string of the molecule is CCn1c(SCc2ccc(Br)cc2)nnc1-c1ccc(OC2CCCC2)cc1. The molecule has 1 aliphatic carbocycles. The summed E-state index contributed by atoms with van der Waals surface area (Å²) < 4.78 is 9.35. The number of rotatable bonds is 7. The van der Waals surface area contributed by atoms with Crippen LogP contribution < -0.4 is 4.74 Å². The molecule has 0 spiro atoms. The summed E-state index contributed by atoms with van der Waals surface area (Å²) in [5.41, 5.74) is 2.34. The van der Waals surface area contributed by atoms with Crippen LogP contribution in [0.2, 0.25) is 0 Å².